The first kappa shape index (κ1) is 14.6. The molecule has 1 saturated heterocycles. The molecule has 0 N–H and O–H groups in total. The highest BCUT2D eigenvalue weighted by Crippen LogP contribution is 2.32. The maximum Gasteiger partial charge on any atom is 0.223 e. The maximum atomic E-state index is 13.8. The van der Waals surface area contributed by atoms with Crippen LogP contribution in [-0.2, 0) is 18.4 Å². The zero-order valence-electron chi connectivity index (χ0n) is 11.9. The van der Waals surface area contributed by atoms with E-state index in [1.807, 2.05) is 7.05 Å². The number of benzene rings is 1. The first-order valence-corrected chi connectivity index (χ1v) is 6.83. The largest absolute Gasteiger partial charge is 0.336 e. The molecule has 2 aromatic rings. The summed E-state index contributed by atoms with van der Waals surface area (Å²) >= 11 is 0. The van der Waals surface area contributed by atoms with E-state index in [4.69, 9.17) is 0 Å². The summed E-state index contributed by atoms with van der Waals surface area (Å²) in [5.74, 6) is -3.87. The molecule has 0 aliphatic carbocycles. The van der Waals surface area contributed by atoms with E-state index in [9.17, 15) is 18.0 Å². The second-order valence-electron chi connectivity index (χ2n) is 5.46. The molecule has 22 heavy (non-hydrogen) atoms. The topological polar surface area (TPSA) is 38.1 Å². The van der Waals surface area contributed by atoms with Gasteiger partial charge in [-0.3, -0.25) is 4.79 Å². The Balaban J connectivity index is 1.82. The normalized spacial score (nSPS) is 18.3. The zero-order chi connectivity index (χ0) is 15.9. The van der Waals surface area contributed by atoms with Crippen LogP contribution >= 0.6 is 0 Å². The lowest BCUT2D eigenvalue weighted by molar-refractivity contribution is -0.128. The van der Waals surface area contributed by atoms with E-state index in [1.165, 1.54) is 0 Å². The summed E-state index contributed by atoms with van der Waals surface area (Å²) < 4.78 is 42.2. The number of aryl methyl sites for hydroxylation is 1. The van der Waals surface area contributed by atoms with Crippen LogP contribution in [0.4, 0.5) is 13.2 Å². The van der Waals surface area contributed by atoms with Gasteiger partial charge in [0.05, 0.1) is 18.6 Å². The molecule has 1 fully saturated rings. The molecule has 1 amide bonds. The van der Waals surface area contributed by atoms with Crippen LogP contribution in [-0.4, -0.2) is 26.9 Å². The number of rotatable bonds is 3. The molecule has 0 bridgehead atoms. The first-order valence-electron chi connectivity index (χ1n) is 6.83. The van der Waals surface area contributed by atoms with Crippen molar-refractivity contribution in [1.29, 1.82) is 0 Å². The molecule has 4 nitrogen and oxygen atoms in total. The van der Waals surface area contributed by atoms with E-state index in [1.54, 1.807) is 22.0 Å². The smallest absolute Gasteiger partial charge is 0.223 e. The molecule has 3 rings (SSSR count). The van der Waals surface area contributed by atoms with Gasteiger partial charge in [-0.15, -0.1) is 0 Å². The van der Waals surface area contributed by atoms with E-state index in [-0.39, 0.29) is 24.4 Å². The lowest BCUT2D eigenvalue weighted by Crippen LogP contribution is -2.25. The van der Waals surface area contributed by atoms with E-state index < -0.39 is 23.4 Å². The molecule has 1 unspecified atom stereocenters. The van der Waals surface area contributed by atoms with E-state index in [2.05, 4.69) is 4.98 Å². The third-order valence-corrected chi connectivity index (χ3v) is 3.94. The van der Waals surface area contributed by atoms with Crippen LogP contribution in [0.5, 0.6) is 0 Å². The minimum absolute atomic E-state index is 0.0393. The Hall–Kier alpha value is -2.31. The molecule has 0 spiro atoms. The summed E-state index contributed by atoms with van der Waals surface area (Å²) in [5, 5.41) is 0. The van der Waals surface area contributed by atoms with Gasteiger partial charge in [0.15, 0.2) is 11.6 Å². The molecule has 2 heterocycles. The third-order valence-electron chi connectivity index (χ3n) is 3.94. The third kappa shape index (κ3) is 2.58. The van der Waals surface area contributed by atoms with E-state index in [0.717, 1.165) is 11.8 Å². The molecule has 1 aromatic carbocycles. The fourth-order valence-corrected chi connectivity index (χ4v) is 2.74. The van der Waals surface area contributed by atoms with Crippen LogP contribution in [0.15, 0.2) is 24.7 Å². The number of likely N-dealkylation sites (tertiary alicyclic amines) is 1. The van der Waals surface area contributed by atoms with Gasteiger partial charge in [0.2, 0.25) is 5.91 Å². The number of carbonyl (C=O) groups is 1. The SMILES string of the molecule is Cn1cncc1CN1CC(c2cc(F)cc(F)c2F)CC1=O. The molecule has 1 aromatic heterocycles. The summed E-state index contributed by atoms with van der Waals surface area (Å²) in [5.41, 5.74) is 0.748. The summed E-state index contributed by atoms with van der Waals surface area (Å²) in [6, 6.07) is 1.47. The lowest BCUT2D eigenvalue weighted by Gasteiger charge is -2.17. The number of hydrogen-bond donors (Lipinski definition) is 0. The summed E-state index contributed by atoms with van der Waals surface area (Å²) in [6.45, 7) is 0.565. The van der Waals surface area contributed by atoms with Crippen molar-refractivity contribution < 1.29 is 18.0 Å². The van der Waals surface area contributed by atoms with Crippen molar-refractivity contribution in [3.63, 3.8) is 0 Å². The van der Waals surface area contributed by atoms with Crippen molar-refractivity contribution in [2.45, 2.75) is 18.9 Å². The van der Waals surface area contributed by atoms with Gasteiger partial charge in [0.1, 0.15) is 5.82 Å². The fraction of sp³-hybridized carbons (Fsp3) is 0.333. The van der Waals surface area contributed by atoms with E-state index >= 15 is 0 Å². The molecule has 1 aliphatic heterocycles. The Morgan fingerprint density at radius 1 is 1.32 bits per heavy atom. The number of hydrogen-bond acceptors (Lipinski definition) is 2. The molecular formula is C15H14F3N3O. The van der Waals surface area contributed by atoms with Gasteiger partial charge in [-0.1, -0.05) is 0 Å². The Morgan fingerprint density at radius 2 is 2.09 bits per heavy atom. The maximum absolute atomic E-state index is 13.8. The van der Waals surface area contributed by atoms with Crippen LogP contribution in [0.3, 0.4) is 0 Å². The summed E-state index contributed by atoms with van der Waals surface area (Å²) in [4.78, 5) is 17.6. The van der Waals surface area contributed by atoms with Crippen LogP contribution in [0.2, 0.25) is 0 Å². The molecule has 1 atom stereocenters. The summed E-state index contributed by atoms with van der Waals surface area (Å²) in [7, 11) is 1.81. The van der Waals surface area contributed by atoms with Crippen LogP contribution < -0.4 is 0 Å². The monoisotopic (exact) mass is 309 g/mol. The van der Waals surface area contributed by atoms with Crippen molar-refractivity contribution in [1.82, 2.24) is 14.5 Å². The minimum Gasteiger partial charge on any atom is -0.336 e. The van der Waals surface area contributed by atoms with Gasteiger partial charge < -0.3 is 9.47 Å². The second kappa shape index (κ2) is 5.47. The molecule has 7 heteroatoms. The molecular weight excluding hydrogens is 295 g/mol. The Morgan fingerprint density at radius 3 is 2.77 bits per heavy atom. The van der Waals surface area contributed by atoms with Gasteiger partial charge in [0, 0.05) is 38.2 Å². The van der Waals surface area contributed by atoms with Gasteiger partial charge in [-0.05, 0) is 11.6 Å². The Bertz CT molecular complexity index is 729. The van der Waals surface area contributed by atoms with Crippen molar-refractivity contribution in [2.24, 2.45) is 7.05 Å². The zero-order valence-corrected chi connectivity index (χ0v) is 11.9. The number of halogens is 3. The minimum atomic E-state index is -1.23. The van der Waals surface area contributed by atoms with Crippen LogP contribution in [0, 0.1) is 17.5 Å². The standard InChI is InChI=1S/C15H14F3N3O/c1-20-8-19-5-11(20)7-21-6-9(2-14(21)22)12-3-10(16)4-13(17)15(12)18/h3-5,8-9H,2,6-7H2,1H3. The van der Waals surface area contributed by atoms with E-state index in [0.29, 0.717) is 12.6 Å². The average molecular weight is 309 g/mol. The highest BCUT2D eigenvalue weighted by Gasteiger charge is 2.33. The number of aromatic nitrogens is 2. The van der Waals surface area contributed by atoms with Gasteiger partial charge in [0.25, 0.3) is 0 Å². The van der Waals surface area contributed by atoms with Gasteiger partial charge in [-0.25, -0.2) is 18.2 Å². The fourth-order valence-electron chi connectivity index (χ4n) is 2.74. The number of carbonyl (C=O) groups excluding carboxylic acids is 1. The average Bonchev–Trinajstić information content (AvgIpc) is 3.02. The second-order valence-corrected chi connectivity index (χ2v) is 5.46. The van der Waals surface area contributed by atoms with Crippen LogP contribution in [0.25, 0.3) is 0 Å². The van der Waals surface area contributed by atoms with Crippen molar-refractivity contribution in [2.75, 3.05) is 6.54 Å². The number of nitrogens with zero attached hydrogens (tertiary/aromatic N) is 3. The predicted octanol–water partition coefficient (Wildman–Crippen LogP) is 2.35. The predicted molar refractivity (Wildman–Crippen MR) is 72.3 cm³/mol. The highest BCUT2D eigenvalue weighted by atomic mass is 19.2. The van der Waals surface area contributed by atoms with Crippen LogP contribution in [0.1, 0.15) is 23.6 Å². The van der Waals surface area contributed by atoms with Crippen molar-refractivity contribution in [3.05, 3.63) is 53.4 Å². The lowest BCUT2D eigenvalue weighted by atomic mass is 9.97. The number of imidazole rings is 1. The van der Waals surface area contributed by atoms with Crippen molar-refractivity contribution >= 4 is 5.91 Å². The Kier molecular flexibility index (Phi) is 3.64. The Labute approximate surface area is 125 Å². The van der Waals surface area contributed by atoms with Gasteiger partial charge >= 0.3 is 0 Å². The highest BCUT2D eigenvalue weighted by molar-refractivity contribution is 5.79. The number of amides is 1. The first-order chi connectivity index (χ1) is 10.5. The van der Waals surface area contributed by atoms with Crippen molar-refractivity contribution in [3.8, 4) is 0 Å². The summed E-state index contributed by atoms with van der Waals surface area (Å²) in [6.07, 6.45) is 3.30. The quantitative estimate of drug-likeness (QED) is 0.816. The molecule has 1 aliphatic rings. The van der Waals surface area contributed by atoms with Gasteiger partial charge in [-0.2, -0.15) is 0 Å². The molecule has 116 valence electrons. The molecule has 0 radical (unpaired) electrons. The molecule has 0 saturated carbocycles.